The van der Waals surface area contributed by atoms with E-state index in [1.165, 1.54) is 6.07 Å². The van der Waals surface area contributed by atoms with Gasteiger partial charge in [-0.25, -0.2) is 0 Å². The molecule has 3 rings (SSSR count). The lowest BCUT2D eigenvalue weighted by atomic mass is 10.00. The Balaban J connectivity index is 1.76. The molecule has 2 atom stereocenters. The highest BCUT2D eigenvalue weighted by Gasteiger charge is 2.25. The van der Waals surface area contributed by atoms with E-state index in [2.05, 4.69) is 17.6 Å². The molecule has 2 fully saturated rings. The fraction of sp³-hybridized carbons (Fsp3) is 0.588. The smallest absolute Gasteiger partial charge is 0.293 e. The molecule has 130 valence electrons. The monoisotopic (exact) mass is 332 g/mol. The van der Waals surface area contributed by atoms with E-state index in [9.17, 15) is 14.9 Å². The largest absolute Gasteiger partial charge is 0.366 e. The molecule has 1 amide bonds. The maximum Gasteiger partial charge on any atom is 0.293 e. The van der Waals surface area contributed by atoms with E-state index in [1.54, 1.807) is 12.1 Å². The summed E-state index contributed by atoms with van der Waals surface area (Å²) in [5.41, 5.74) is 0.989. The van der Waals surface area contributed by atoms with Gasteiger partial charge in [0.1, 0.15) is 5.69 Å². The minimum atomic E-state index is -0.392. The second kappa shape index (κ2) is 7.17. The average molecular weight is 332 g/mol. The molecule has 0 spiro atoms. The van der Waals surface area contributed by atoms with Gasteiger partial charge in [0.05, 0.1) is 4.92 Å². The molecule has 0 aliphatic carbocycles. The molecule has 2 aliphatic rings. The van der Waals surface area contributed by atoms with Crippen LogP contribution in [0.4, 0.5) is 11.4 Å². The van der Waals surface area contributed by atoms with E-state index in [0.717, 1.165) is 45.3 Å². The number of amides is 1. The Kier molecular flexibility index (Phi) is 4.99. The third kappa shape index (κ3) is 3.67. The summed E-state index contributed by atoms with van der Waals surface area (Å²) in [7, 11) is 0. The van der Waals surface area contributed by atoms with Crippen LogP contribution in [0.1, 0.15) is 43.0 Å². The predicted octanol–water partition coefficient (Wildman–Crippen LogP) is 2.07. The van der Waals surface area contributed by atoms with Crippen LogP contribution in [0.5, 0.6) is 0 Å². The van der Waals surface area contributed by atoms with Gasteiger partial charge >= 0.3 is 0 Å². The van der Waals surface area contributed by atoms with Crippen molar-refractivity contribution in [1.29, 1.82) is 0 Å². The first-order chi connectivity index (χ1) is 11.5. The van der Waals surface area contributed by atoms with Crippen LogP contribution in [-0.4, -0.2) is 42.5 Å². The number of nitrogens with zero attached hydrogens (tertiary/aromatic N) is 2. The van der Waals surface area contributed by atoms with Gasteiger partial charge in [-0.1, -0.05) is 0 Å². The molecule has 2 N–H and O–H groups in total. The van der Waals surface area contributed by atoms with Crippen molar-refractivity contribution < 1.29 is 9.72 Å². The Hall–Kier alpha value is -2.15. The van der Waals surface area contributed by atoms with E-state index in [0.29, 0.717) is 17.3 Å². The van der Waals surface area contributed by atoms with Crippen molar-refractivity contribution in [2.24, 2.45) is 0 Å². The van der Waals surface area contributed by atoms with Crippen molar-refractivity contribution in [3.8, 4) is 0 Å². The minimum Gasteiger partial charge on any atom is -0.366 e. The number of rotatable bonds is 4. The number of carbonyl (C=O) groups excluding carboxylic acids is 1. The van der Waals surface area contributed by atoms with Crippen LogP contribution in [0.25, 0.3) is 0 Å². The van der Waals surface area contributed by atoms with E-state index in [-0.39, 0.29) is 17.6 Å². The summed E-state index contributed by atoms with van der Waals surface area (Å²) in [6.45, 7) is 4.63. The summed E-state index contributed by atoms with van der Waals surface area (Å²) in [6, 6.07) is 5.30. The maximum atomic E-state index is 12.5. The molecule has 0 aromatic heterocycles. The highest BCUT2D eigenvalue weighted by atomic mass is 16.6. The van der Waals surface area contributed by atoms with Crippen LogP contribution in [0, 0.1) is 10.1 Å². The van der Waals surface area contributed by atoms with E-state index < -0.39 is 4.92 Å². The number of piperidine rings is 1. The van der Waals surface area contributed by atoms with Gasteiger partial charge < -0.3 is 15.5 Å². The molecule has 7 heteroatoms. The van der Waals surface area contributed by atoms with Crippen LogP contribution in [-0.2, 0) is 0 Å². The molecular formula is C17H24N4O3. The number of hydrogen-bond donors (Lipinski definition) is 2. The zero-order chi connectivity index (χ0) is 17.1. The Labute approximate surface area is 141 Å². The number of benzene rings is 1. The van der Waals surface area contributed by atoms with Gasteiger partial charge in [-0.15, -0.1) is 0 Å². The van der Waals surface area contributed by atoms with Crippen LogP contribution in [0.2, 0.25) is 0 Å². The van der Waals surface area contributed by atoms with Crippen LogP contribution < -0.4 is 15.5 Å². The van der Waals surface area contributed by atoms with Gasteiger partial charge in [-0.2, -0.15) is 0 Å². The molecule has 2 unspecified atom stereocenters. The highest BCUT2D eigenvalue weighted by Crippen LogP contribution is 2.31. The molecule has 2 aliphatic heterocycles. The topological polar surface area (TPSA) is 87.5 Å². The molecule has 24 heavy (non-hydrogen) atoms. The molecular weight excluding hydrogens is 308 g/mol. The van der Waals surface area contributed by atoms with Crippen LogP contribution in [0.15, 0.2) is 18.2 Å². The predicted molar refractivity (Wildman–Crippen MR) is 92.5 cm³/mol. The molecule has 1 aromatic rings. The first-order valence-corrected chi connectivity index (χ1v) is 8.62. The molecule has 1 aromatic carbocycles. The first kappa shape index (κ1) is 16.7. The Bertz CT molecular complexity index is 628. The molecule has 0 bridgehead atoms. The van der Waals surface area contributed by atoms with Crippen molar-refractivity contribution in [2.45, 2.75) is 44.7 Å². The van der Waals surface area contributed by atoms with Gasteiger partial charge in [0.15, 0.2) is 0 Å². The standard InChI is InChI=1S/C17H24N4O3/c1-12-10-14(6-7-18-12)19-17(22)13-4-5-15(16(11-13)21(23)24)20-8-2-3-9-20/h4-5,11-12,14,18H,2-3,6-10H2,1H3,(H,19,22). The summed E-state index contributed by atoms with van der Waals surface area (Å²) in [4.78, 5) is 25.5. The van der Waals surface area contributed by atoms with Crippen molar-refractivity contribution in [3.63, 3.8) is 0 Å². The van der Waals surface area contributed by atoms with Gasteiger partial charge in [-0.05, 0) is 51.3 Å². The maximum absolute atomic E-state index is 12.5. The SMILES string of the molecule is CC1CC(NC(=O)c2ccc(N3CCCC3)c([N+](=O)[O-])c2)CCN1. The highest BCUT2D eigenvalue weighted by molar-refractivity contribution is 5.96. The first-order valence-electron chi connectivity index (χ1n) is 8.62. The fourth-order valence-electron chi connectivity index (χ4n) is 3.57. The van der Waals surface area contributed by atoms with Crippen LogP contribution in [0.3, 0.4) is 0 Å². The summed E-state index contributed by atoms with van der Waals surface area (Å²) >= 11 is 0. The number of anilines is 1. The van der Waals surface area contributed by atoms with Crippen LogP contribution >= 0.6 is 0 Å². The van der Waals surface area contributed by atoms with Gasteiger partial charge in [0.2, 0.25) is 0 Å². The lowest BCUT2D eigenvalue weighted by Gasteiger charge is -2.28. The zero-order valence-corrected chi connectivity index (χ0v) is 14.0. The quantitative estimate of drug-likeness (QED) is 0.651. The number of nitro benzene ring substituents is 1. The fourth-order valence-corrected chi connectivity index (χ4v) is 3.57. The summed E-state index contributed by atoms with van der Waals surface area (Å²) in [5, 5.41) is 17.8. The lowest BCUT2D eigenvalue weighted by molar-refractivity contribution is -0.384. The minimum absolute atomic E-state index is 0.0169. The normalized spacial score (nSPS) is 24.0. The zero-order valence-electron chi connectivity index (χ0n) is 14.0. The number of nitrogens with one attached hydrogen (secondary N) is 2. The molecule has 2 heterocycles. The van der Waals surface area contributed by atoms with Crippen molar-refractivity contribution in [2.75, 3.05) is 24.5 Å². The van der Waals surface area contributed by atoms with Gasteiger partial charge in [0.25, 0.3) is 11.6 Å². The van der Waals surface area contributed by atoms with Crippen molar-refractivity contribution in [3.05, 3.63) is 33.9 Å². The third-order valence-electron chi connectivity index (χ3n) is 4.84. The summed E-state index contributed by atoms with van der Waals surface area (Å²) in [5.74, 6) is -0.231. The van der Waals surface area contributed by atoms with Crippen molar-refractivity contribution in [1.82, 2.24) is 10.6 Å². The lowest BCUT2D eigenvalue weighted by Crippen LogP contribution is -2.46. The number of nitro groups is 1. The Morgan fingerprint density at radius 3 is 2.79 bits per heavy atom. The average Bonchev–Trinajstić information content (AvgIpc) is 3.08. The Morgan fingerprint density at radius 2 is 2.12 bits per heavy atom. The molecule has 0 radical (unpaired) electrons. The summed E-state index contributed by atoms with van der Waals surface area (Å²) < 4.78 is 0. The van der Waals surface area contributed by atoms with Gasteiger partial charge in [0, 0.05) is 36.8 Å². The molecule has 0 saturated carbocycles. The van der Waals surface area contributed by atoms with E-state index >= 15 is 0 Å². The molecule has 7 nitrogen and oxygen atoms in total. The van der Waals surface area contributed by atoms with Crippen molar-refractivity contribution >= 4 is 17.3 Å². The molecule has 2 saturated heterocycles. The number of carbonyl (C=O) groups is 1. The van der Waals surface area contributed by atoms with E-state index in [4.69, 9.17) is 0 Å². The third-order valence-corrected chi connectivity index (χ3v) is 4.84. The second-order valence-electron chi connectivity index (χ2n) is 6.70. The number of hydrogen-bond acceptors (Lipinski definition) is 5. The summed E-state index contributed by atoms with van der Waals surface area (Å²) in [6.07, 6.45) is 3.85. The van der Waals surface area contributed by atoms with Gasteiger partial charge in [-0.3, -0.25) is 14.9 Å². The Morgan fingerprint density at radius 1 is 1.38 bits per heavy atom. The van der Waals surface area contributed by atoms with E-state index in [1.807, 2.05) is 4.90 Å². The second-order valence-corrected chi connectivity index (χ2v) is 6.70.